The fourth-order valence-corrected chi connectivity index (χ4v) is 2.27. The predicted molar refractivity (Wildman–Crippen MR) is 89.7 cm³/mol. The molecule has 0 unspecified atom stereocenters. The van der Waals surface area contributed by atoms with Crippen molar-refractivity contribution in [2.75, 3.05) is 7.11 Å². The van der Waals surface area contributed by atoms with Crippen LogP contribution < -0.4 is 10.1 Å². The lowest BCUT2D eigenvalue weighted by molar-refractivity contribution is -0.120. The van der Waals surface area contributed by atoms with Gasteiger partial charge >= 0.3 is 0 Å². The van der Waals surface area contributed by atoms with Crippen molar-refractivity contribution in [3.8, 4) is 11.5 Å². The van der Waals surface area contributed by atoms with Gasteiger partial charge in [0, 0.05) is 12.0 Å². The van der Waals surface area contributed by atoms with Gasteiger partial charge in [-0.2, -0.15) is 0 Å². The Labute approximate surface area is 138 Å². The SMILES string of the molecule is COc1cc(C(=O)NC(=O)CCCCCCC(C)C)ccc1O. The first-order valence-electron chi connectivity index (χ1n) is 8.15. The minimum absolute atomic E-state index is 0.0447. The van der Waals surface area contributed by atoms with Crippen LogP contribution in [0.25, 0.3) is 0 Å². The fourth-order valence-electron chi connectivity index (χ4n) is 2.27. The summed E-state index contributed by atoms with van der Waals surface area (Å²) in [6.07, 6.45) is 5.66. The second kappa shape index (κ2) is 9.87. The molecule has 23 heavy (non-hydrogen) atoms. The topological polar surface area (TPSA) is 75.6 Å². The molecule has 1 aromatic rings. The number of phenolic OH excluding ortho intramolecular Hbond substituents is 1. The number of hydrogen-bond donors (Lipinski definition) is 2. The largest absolute Gasteiger partial charge is 0.504 e. The van der Waals surface area contributed by atoms with E-state index in [9.17, 15) is 14.7 Å². The van der Waals surface area contributed by atoms with E-state index < -0.39 is 5.91 Å². The molecule has 1 aromatic carbocycles. The molecule has 0 aliphatic heterocycles. The third-order valence-electron chi connectivity index (χ3n) is 3.63. The van der Waals surface area contributed by atoms with Crippen molar-refractivity contribution in [1.29, 1.82) is 0 Å². The van der Waals surface area contributed by atoms with Crippen LogP contribution in [0.5, 0.6) is 11.5 Å². The highest BCUT2D eigenvalue weighted by molar-refractivity contribution is 6.04. The first kappa shape index (κ1) is 19.0. The number of carbonyl (C=O) groups is 2. The molecule has 2 amide bonds. The highest BCUT2D eigenvalue weighted by atomic mass is 16.5. The number of hydrogen-bond acceptors (Lipinski definition) is 4. The lowest BCUT2D eigenvalue weighted by Gasteiger charge is -2.07. The van der Waals surface area contributed by atoms with E-state index >= 15 is 0 Å². The molecule has 128 valence electrons. The molecule has 0 saturated carbocycles. The number of benzene rings is 1. The molecule has 5 heteroatoms. The number of methoxy groups -OCH3 is 1. The monoisotopic (exact) mass is 321 g/mol. The van der Waals surface area contributed by atoms with E-state index in [0.717, 1.165) is 25.2 Å². The van der Waals surface area contributed by atoms with Gasteiger partial charge in [-0.05, 0) is 30.5 Å². The summed E-state index contributed by atoms with van der Waals surface area (Å²) in [6, 6.07) is 4.23. The Bertz CT molecular complexity index is 526. The molecule has 0 radical (unpaired) electrons. The Hall–Kier alpha value is -2.04. The summed E-state index contributed by atoms with van der Waals surface area (Å²) in [7, 11) is 1.40. The number of imide groups is 1. The minimum atomic E-state index is -0.479. The van der Waals surface area contributed by atoms with Crippen molar-refractivity contribution in [1.82, 2.24) is 5.32 Å². The Balaban J connectivity index is 2.32. The van der Waals surface area contributed by atoms with Crippen LogP contribution in [0, 0.1) is 5.92 Å². The van der Waals surface area contributed by atoms with Crippen molar-refractivity contribution in [2.45, 2.75) is 52.4 Å². The molecule has 0 heterocycles. The average molecular weight is 321 g/mol. The van der Waals surface area contributed by atoms with E-state index in [0.29, 0.717) is 6.42 Å². The third kappa shape index (κ3) is 7.17. The molecule has 0 atom stereocenters. The molecule has 0 aliphatic rings. The maximum Gasteiger partial charge on any atom is 0.257 e. The number of nitrogens with one attached hydrogen (secondary N) is 1. The second-order valence-electron chi connectivity index (χ2n) is 6.11. The van der Waals surface area contributed by atoms with Crippen LogP contribution >= 0.6 is 0 Å². The summed E-state index contributed by atoms with van der Waals surface area (Å²) in [6.45, 7) is 4.41. The van der Waals surface area contributed by atoms with Crippen molar-refractivity contribution in [3.63, 3.8) is 0 Å². The van der Waals surface area contributed by atoms with E-state index in [1.807, 2.05) is 0 Å². The quantitative estimate of drug-likeness (QED) is 0.681. The van der Waals surface area contributed by atoms with Gasteiger partial charge in [-0.25, -0.2) is 0 Å². The van der Waals surface area contributed by atoms with E-state index in [1.165, 1.54) is 38.2 Å². The summed E-state index contributed by atoms with van der Waals surface area (Å²) in [5.74, 6) is 0.129. The van der Waals surface area contributed by atoms with Gasteiger partial charge in [-0.3, -0.25) is 14.9 Å². The van der Waals surface area contributed by atoms with Crippen LogP contribution in [0.15, 0.2) is 18.2 Å². The number of unbranched alkanes of at least 4 members (excludes halogenated alkanes) is 3. The molecular formula is C18H27NO4. The summed E-state index contributed by atoms with van der Waals surface area (Å²) in [5.41, 5.74) is 0.282. The van der Waals surface area contributed by atoms with E-state index in [4.69, 9.17) is 4.74 Å². The van der Waals surface area contributed by atoms with Crippen LogP contribution in [0.2, 0.25) is 0 Å². The van der Waals surface area contributed by atoms with Gasteiger partial charge in [0.15, 0.2) is 11.5 Å². The van der Waals surface area contributed by atoms with Crippen LogP contribution in [-0.2, 0) is 4.79 Å². The van der Waals surface area contributed by atoms with Gasteiger partial charge in [-0.15, -0.1) is 0 Å². The average Bonchev–Trinajstić information content (AvgIpc) is 2.50. The Kier molecular flexibility index (Phi) is 8.16. The first-order chi connectivity index (χ1) is 10.9. The molecular weight excluding hydrogens is 294 g/mol. The van der Waals surface area contributed by atoms with E-state index in [-0.39, 0.29) is 23.0 Å². The molecule has 0 bridgehead atoms. The number of rotatable bonds is 9. The van der Waals surface area contributed by atoms with Crippen molar-refractivity contribution >= 4 is 11.8 Å². The van der Waals surface area contributed by atoms with Crippen LogP contribution in [0.4, 0.5) is 0 Å². The summed E-state index contributed by atoms with van der Waals surface area (Å²) < 4.78 is 4.94. The van der Waals surface area contributed by atoms with Crippen LogP contribution in [-0.4, -0.2) is 24.0 Å². The Morgan fingerprint density at radius 3 is 2.52 bits per heavy atom. The second-order valence-corrected chi connectivity index (χ2v) is 6.11. The highest BCUT2D eigenvalue weighted by Gasteiger charge is 2.12. The number of aromatic hydroxyl groups is 1. The standard InChI is InChI=1S/C18H27NO4/c1-13(2)8-6-4-5-7-9-17(21)19-18(22)14-10-11-15(20)16(12-14)23-3/h10-13,20H,4-9H2,1-3H3,(H,19,21,22). The highest BCUT2D eigenvalue weighted by Crippen LogP contribution is 2.26. The van der Waals surface area contributed by atoms with Crippen LogP contribution in [0.3, 0.4) is 0 Å². The lowest BCUT2D eigenvalue weighted by Crippen LogP contribution is -2.30. The molecule has 0 fully saturated rings. The molecule has 0 aliphatic carbocycles. The Morgan fingerprint density at radius 2 is 1.87 bits per heavy atom. The minimum Gasteiger partial charge on any atom is -0.504 e. The van der Waals surface area contributed by atoms with Crippen molar-refractivity contribution in [3.05, 3.63) is 23.8 Å². The van der Waals surface area contributed by atoms with Gasteiger partial charge < -0.3 is 9.84 Å². The molecule has 2 N–H and O–H groups in total. The third-order valence-corrected chi connectivity index (χ3v) is 3.63. The van der Waals surface area contributed by atoms with Gasteiger partial charge in [0.05, 0.1) is 7.11 Å². The zero-order valence-electron chi connectivity index (χ0n) is 14.2. The number of phenols is 1. The fraction of sp³-hybridized carbons (Fsp3) is 0.556. The summed E-state index contributed by atoms with van der Waals surface area (Å²) in [4.78, 5) is 23.8. The normalized spacial score (nSPS) is 10.6. The zero-order valence-corrected chi connectivity index (χ0v) is 14.2. The van der Waals surface area contributed by atoms with Crippen LogP contribution in [0.1, 0.15) is 62.7 Å². The molecule has 1 rings (SSSR count). The summed E-state index contributed by atoms with van der Waals surface area (Å²) in [5, 5.41) is 11.9. The summed E-state index contributed by atoms with van der Waals surface area (Å²) >= 11 is 0. The van der Waals surface area contributed by atoms with Crippen molar-refractivity contribution < 1.29 is 19.4 Å². The van der Waals surface area contributed by atoms with Gasteiger partial charge in [0.1, 0.15) is 0 Å². The van der Waals surface area contributed by atoms with E-state index in [1.54, 1.807) is 0 Å². The maximum absolute atomic E-state index is 12.0. The van der Waals surface area contributed by atoms with Gasteiger partial charge in [-0.1, -0.05) is 39.5 Å². The number of carbonyl (C=O) groups excluding carboxylic acids is 2. The number of ether oxygens (including phenoxy) is 1. The zero-order chi connectivity index (χ0) is 17.2. The maximum atomic E-state index is 12.0. The Morgan fingerprint density at radius 1 is 1.17 bits per heavy atom. The van der Waals surface area contributed by atoms with Gasteiger partial charge in [0.25, 0.3) is 5.91 Å². The molecule has 0 spiro atoms. The number of amides is 2. The van der Waals surface area contributed by atoms with E-state index in [2.05, 4.69) is 19.2 Å². The first-order valence-corrected chi connectivity index (χ1v) is 8.15. The van der Waals surface area contributed by atoms with Gasteiger partial charge in [0.2, 0.25) is 5.91 Å². The smallest absolute Gasteiger partial charge is 0.257 e. The predicted octanol–water partition coefficient (Wildman–Crippen LogP) is 3.65. The molecule has 5 nitrogen and oxygen atoms in total. The lowest BCUT2D eigenvalue weighted by atomic mass is 10.0. The molecule has 0 saturated heterocycles. The molecule has 0 aromatic heterocycles. The van der Waals surface area contributed by atoms with Crippen molar-refractivity contribution in [2.24, 2.45) is 5.92 Å².